The van der Waals surface area contributed by atoms with Gasteiger partial charge in [0.05, 0.1) is 24.3 Å². The van der Waals surface area contributed by atoms with Crippen molar-refractivity contribution in [2.45, 2.75) is 26.9 Å². The number of nitrogens with zero attached hydrogens (tertiary/aromatic N) is 3. The van der Waals surface area contributed by atoms with Crippen molar-refractivity contribution < 1.29 is 10.0 Å². The molecule has 0 fully saturated rings. The number of aliphatic hydroxyl groups is 1. The Morgan fingerprint density at radius 3 is 2.81 bits per heavy atom. The number of hydrogen-bond donors (Lipinski definition) is 2. The fraction of sp³-hybridized carbons (Fsp3) is 0.357. The number of rotatable bonds is 6. The van der Waals surface area contributed by atoms with Gasteiger partial charge in [0, 0.05) is 35.6 Å². The van der Waals surface area contributed by atoms with E-state index in [2.05, 4.69) is 10.4 Å². The van der Waals surface area contributed by atoms with Crippen molar-refractivity contribution in [1.82, 2.24) is 9.78 Å². The molecule has 0 aliphatic carbocycles. The van der Waals surface area contributed by atoms with Gasteiger partial charge < -0.3 is 10.4 Å². The highest BCUT2D eigenvalue weighted by molar-refractivity contribution is 5.60. The van der Waals surface area contributed by atoms with E-state index in [0.717, 1.165) is 16.8 Å². The Bertz CT molecular complexity index is 652. The molecule has 7 heteroatoms. The molecule has 0 aliphatic heterocycles. The number of nitro groups is 1. The summed E-state index contributed by atoms with van der Waals surface area (Å²) < 4.78 is 1.65. The van der Waals surface area contributed by atoms with E-state index in [-0.39, 0.29) is 17.2 Å². The minimum Gasteiger partial charge on any atom is -0.394 e. The van der Waals surface area contributed by atoms with Crippen molar-refractivity contribution in [3.8, 4) is 0 Å². The zero-order valence-electron chi connectivity index (χ0n) is 12.0. The number of benzene rings is 1. The Morgan fingerprint density at radius 1 is 1.38 bits per heavy atom. The Balaban J connectivity index is 2.11. The van der Waals surface area contributed by atoms with Gasteiger partial charge in [-0.15, -0.1) is 0 Å². The normalized spacial score (nSPS) is 10.6. The van der Waals surface area contributed by atoms with Crippen LogP contribution in [-0.2, 0) is 13.1 Å². The van der Waals surface area contributed by atoms with Crippen LogP contribution in [0.2, 0.25) is 0 Å². The monoisotopic (exact) mass is 290 g/mol. The number of nitro benzene ring substituents is 1. The van der Waals surface area contributed by atoms with Gasteiger partial charge in [-0.05, 0) is 25.5 Å². The van der Waals surface area contributed by atoms with Crippen LogP contribution in [0.3, 0.4) is 0 Å². The van der Waals surface area contributed by atoms with Crippen molar-refractivity contribution in [1.29, 1.82) is 0 Å². The van der Waals surface area contributed by atoms with Crippen LogP contribution in [-0.4, -0.2) is 26.4 Å². The number of aromatic nitrogens is 2. The molecule has 0 radical (unpaired) electrons. The Kier molecular flexibility index (Phi) is 4.54. The largest absolute Gasteiger partial charge is 0.394 e. The summed E-state index contributed by atoms with van der Waals surface area (Å²) >= 11 is 0. The molecule has 2 N–H and O–H groups in total. The fourth-order valence-corrected chi connectivity index (χ4v) is 2.15. The van der Waals surface area contributed by atoms with Crippen LogP contribution in [0.1, 0.15) is 16.7 Å². The molecule has 0 bridgehead atoms. The second kappa shape index (κ2) is 6.36. The van der Waals surface area contributed by atoms with Gasteiger partial charge in [0.2, 0.25) is 0 Å². The van der Waals surface area contributed by atoms with Crippen molar-refractivity contribution in [2.75, 3.05) is 11.9 Å². The molecule has 1 heterocycles. The molecule has 112 valence electrons. The quantitative estimate of drug-likeness (QED) is 0.627. The summed E-state index contributed by atoms with van der Waals surface area (Å²) in [6.45, 7) is 4.65. The molecular weight excluding hydrogens is 272 g/mol. The van der Waals surface area contributed by atoms with Crippen molar-refractivity contribution >= 4 is 11.4 Å². The third-order valence-corrected chi connectivity index (χ3v) is 3.24. The van der Waals surface area contributed by atoms with E-state index in [1.54, 1.807) is 29.9 Å². The molecule has 21 heavy (non-hydrogen) atoms. The second-order valence-corrected chi connectivity index (χ2v) is 4.90. The Labute approximate surface area is 122 Å². The van der Waals surface area contributed by atoms with Gasteiger partial charge in [-0.25, -0.2) is 0 Å². The lowest BCUT2D eigenvalue weighted by atomic mass is 10.1. The van der Waals surface area contributed by atoms with Gasteiger partial charge in [0.1, 0.15) is 0 Å². The topological polar surface area (TPSA) is 93.2 Å². The maximum absolute atomic E-state index is 11.0. The summed E-state index contributed by atoms with van der Waals surface area (Å²) in [4.78, 5) is 10.6. The molecule has 1 aromatic carbocycles. The van der Waals surface area contributed by atoms with Crippen LogP contribution in [0, 0.1) is 24.0 Å². The van der Waals surface area contributed by atoms with Crippen molar-refractivity contribution in [2.24, 2.45) is 0 Å². The van der Waals surface area contributed by atoms with Gasteiger partial charge in [0.25, 0.3) is 5.69 Å². The summed E-state index contributed by atoms with van der Waals surface area (Å²) in [5.74, 6) is 0. The number of aryl methyl sites for hydroxylation is 2. The Morgan fingerprint density at radius 2 is 2.14 bits per heavy atom. The summed E-state index contributed by atoms with van der Waals surface area (Å²) in [5.41, 5.74) is 3.41. The molecule has 0 spiro atoms. The minimum absolute atomic E-state index is 0.0395. The summed E-state index contributed by atoms with van der Waals surface area (Å²) in [6, 6.07) is 3.36. The van der Waals surface area contributed by atoms with Gasteiger partial charge in [-0.3, -0.25) is 14.8 Å². The Hall–Kier alpha value is -2.41. The number of nitrogens with one attached hydrogen (secondary N) is 1. The third kappa shape index (κ3) is 3.57. The fourth-order valence-electron chi connectivity index (χ4n) is 2.15. The zero-order chi connectivity index (χ0) is 15.4. The maximum atomic E-state index is 11.0. The first-order chi connectivity index (χ1) is 10.0. The smallest absolute Gasteiger partial charge is 0.274 e. The molecule has 0 unspecified atom stereocenters. The van der Waals surface area contributed by atoms with Gasteiger partial charge in [-0.1, -0.05) is 0 Å². The molecule has 1 aromatic heterocycles. The summed E-state index contributed by atoms with van der Waals surface area (Å²) in [7, 11) is 0. The highest BCUT2D eigenvalue weighted by Crippen LogP contribution is 2.26. The SMILES string of the molecule is Cc1cc(C)c([N+](=O)[O-])cc1NCc1cnn(CCO)c1. The first kappa shape index (κ1) is 15.0. The molecule has 0 aliphatic rings. The first-order valence-electron chi connectivity index (χ1n) is 6.63. The van der Waals surface area contributed by atoms with Crippen molar-refractivity contribution in [3.05, 3.63) is 51.3 Å². The predicted molar refractivity (Wildman–Crippen MR) is 79.2 cm³/mol. The average molecular weight is 290 g/mol. The van der Waals surface area contributed by atoms with Crippen LogP contribution < -0.4 is 5.32 Å². The first-order valence-corrected chi connectivity index (χ1v) is 6.63. The molecule has 0 saturated carbocycles. The highest BCUT2D eigenvalue weighted by Gasteiger charge is 2.13. The molecule has 2 rings (SSSR count). The van der Waals surface area contributed by atoms with E-state index in [1.165, 1.54) is 0 Å². The van der Waals surface area contributed by atoms with Crippen LogP contribution in [0.4, 0.5) is 11.4 Å². The third-order valence-electron chi connectivity index (χ3n) is 3.24. The number of aliphatic hydroxyl groups excluding tert-OH is 1. The lowest BCUT2D eigenvalue weighted by Crippen LogP contribution is -2.03. The van der Waals surface area contributed by atoms with Crippen LogP contribution in [0.25, 0.3) is 0 Å². The molecule has 7 nitrogen and oxygen atoms in total. The summed E-state index contributed by atoms with van der Waals surface area (Å²) in [6.07, 6.45) is 3.54. The lowest BCUT2D eigenvalue weighted by molar-refractivity contribution is -0.385. The molecular formula is C14H18N4O3. The molecule has 0 amide bonds. The molecule has 2 aromatic rings. The van der Waals surface area contributed by atoms with E-state index in [1.807, 2.05) is 13.1 Å². The van der Waals surface area contributed by atoms with Crippen LogP contribution in [0.15, 0.2) is 24.5 Å². The number of anilines is 1. The lowest BCUT2D eigenvalue weighted by Gasteiger charge is -2.09. The molecule has 0 atom stereocenters. The van der Waals surface area contributed by atoms with Gasteiger partial charge >= 0.3 is 0 Å². The van der Waals surface area contributed by atoms with E-state index >= 15 is 0 Å². The van der Waals surface area contributed by atoms with E-state index in [0.29, 0.717) is 18.7 Å². The highest BCUT2D eigenvalue weighted by atomic mass is 16.6. The van der Waals surface area contributed by atoms with E-state index in [9.17, 15) is 10.1 Å². The van der Waals surface area contributed by atoms with Crippen LogP contribution >= 0.6 is 0 Å². The van der Waals surface area contributed by atoms with Gasteiger partial charge in [-0.2, -0.15) is 5.10 Å². The van der Waals surface area contributed by atoms with Crippen LogP contribution in [0.5, 0.6) is 0 Å². The van der Waals surface area contributed by atoms with Gasteiger partial charge in [0.15, 0.2) is 0 Å². The van der Waals surface area contributed by atoms with Crippen molar-refractivity contribution in [3.63, 3.8) is 0 Å². The summed E-state index contributed by atoms with van der Waals surface area (Å²) in [5, 5.41) is 27.1. The second-order valence-electron chi connectivity index (χ2n) is 4.90. The zero-order valence-corrected chi connectivity index (χ0v) is 12.0. The predicted octanol–water partition coefficient (Wildman–Crippen LogP) is 2.01. The molecule has 0 saturated heterocycles. The minimum atomic E-state index is -0.376. The standard InChI is InChI=1S/C14H18N4O3/c1-10-5-11(2)14(18(20)21)6-13(10)15-7-12-8-16-17(9-12)3-4-19/h5-6,8-9,15,19H,3-4,7H2,1-2H3. The van der Waals surface area contributed by atoms with E-state index < -0.39 is 0 Å². The average Bonchev–Trinajstić information content (AvgIpc) is 2.85. The number of hydrogen-bond acceptors (Lipinski definition) is 5. The van der Waals surface area contributed by atoms with E-state index in [4.69, 9.17) is 5.11 Å². The maximum Gasteiger partial charge on any atom is 0.274 e.